The number of furan rings is 1. The maximum atomic E-state index is 12.6. The molecule has 162 valence electrons. The van der Waals surface area contributed by atoms with Crippen molar-refractivity contribution >= 4 is 44.0 Å². The zero-order valence-electron chi connectivity index (χ0n) is 16.4. The fourth-order valence-electron chi connectivity index (χ4n) is 3.31. The lowest BCUT2D eigenvalue weighted by molar-refractivity contribution is -0.121. The Kier molecular flexibility index (Phi) is 6.05. The molecule has 3 heterocycles. The number of hydrogen-bond donors (Lipinski definition) is 2. The number of nitrogens with zero attached hydrogens (tertiary/aromatic N) is 2. The van der Waals surface area contributed by atoms with E-state index in [-0.39, 0.29) is 27.8 Å². The predicted octanol–water partition coefficient (Wildman–Crippen LogP) is 3.03. The van der Waals surface area contributed by atoms with Gasteiger partial charge in [0.2, 0.25) is 5.91 Å². The summed E-state index contributed by atoms with van der Waals surface area (Å²) < 4.78 is 32.3. The van der Waals surface area contributed by atoms with Crippen LogP contribution in [-0.2, 0) is 14.8 Å². The smallest absolute Gasteiger partial charge is 0.289 e. The van der Waals surface area contributed by atoms with Gasteiger partial charge < -0.3 is 14.6 Å². The van der Waals surface area contributed by atoms with Gasteiger partial charge in [-0.05, 0) is 49.2 Å². The first-order chi connectivity index (χ1) is 14.9. The van der Waals surface area contributed by atoms with E-state index in [1.807, 2.05) is 0 Å². The second kappa shape index (κ2) is 8.90. The van der Waals surface area contributed by atoms with Gasteiger partial charge in [-0.2, -0.15) is 0 Å². The summed E-state index contributed by atoms with van der Waals surface area (Å²) in [4.78, 5) is 30.6. The van der Waals surface area contributed by atoms with E-state index in [9.17, 15) is 18.0 Å². The number of aromatic nitrogens is 1. The molecule has 1 fully saturated rings. The van der Waals surface area contributed by atoms with E-state index in [1.54, 1.807) is 34.5 Å². The minimum Gasteiger partial charge on any atom is -0.459 e. The highest BCUT2D eigenvalue weighted by atomic mass is 32.2. The summed E-state index contributed by atoms with van der Waals surface area (Å²) >= 11 is 1.18. The Morgan fingerprint density at radius 3 is 2.48 bits per heavy atom. The van der Waals surface area contributed by atoms with Crippen LogP contribution in [0.3, 0.4) is 0 Å². The molecule has 11 heteroatoms. The van der Waals surface area contributed by atoms with Gasteiger partial charge >= 0.3 is 0 Å². The second-order valence-corrected chi connectivity index (χ2v) is 9.58. The zero-order valence-corrected chi connectivity index (χ0v) is 18.0. The number of carbonyl (C=O) groups is 2. The number of likely N-dealkylation sites (tertiary alicyclic amines) is 1. The Hall–Kier alpha value is -3.18. The fraction of sp³-hybridized carbons (Fsp3) is 0.250. The van der Waals surface area contributed by atoms with Gasteiger partial charge in [-0.1, -0.05) is 0 Å². The van der Waals surface area contributed by atoms with Crippen LogP contribution in [0.5, 0.6) is 0 Å². The number of sulfonamides is 1. The summed E-state index contributed by atoms with van der Waals surface area (Å²) in [5.41, 5.74) is 0.507. The number of hydrogen-bond acceptors (Lipinski definition) is 7. The van der Waals surface area contributed by atoms with E-state index in [4.69, 9.17) is 4.42 Å². The van der Waals surface area contributed by atoms with Gasteiger partial charge in [0, 0.05) is 36.3 Å². The average Bonchev–Trinajstić information content (AvgIpc) is 3.48. The maximum Gasteiger partial charge on any atom is 0.289 e. The molecule has 0 unspecified atom stereocenters. The monoisotopic (exact) mass is 460 g/mol. The van der Waals surface area contributed by atoms with Gasteiger partial charge in [0.05, 0.1) is 11.2 Å². The number of thiazole rings is 1. The van der Waals surface area contributed by atoms with Crippen molar-refractivity contribution < 1.29 is 22.4 Å². The van der Waals surface area contributed by atoms with Crippen molar-refractivity contribution in [2.75, 3.05) is 23.1 Å². The summed E-state index contributed by atoms with van der Waals surface area (Å²) in [6.45, 7) is 0.939. The summed E-state index contributed by atoms with van der Waals surface area (Å²) in [5, 5.41) is 4.78. The SMILES string of the molecule is O=C(Nc1ccc(S(=O)(=O)Nc2nccs2)cc1)C1CCN(C(=O)c2ccco2)CC1. The predicted molar refractivity (Wildman–Crippen MR) is 115 cm³/mol. The third-order valence-corrected chi connectivity index (χ3v) is 7.14. The number of nitrogens with one attached hydrogen (secondary N) is 2. The molecule has 0 bridgehead atoms. The molecule has 0 radical (unpaired) electrons. The standard InChI is InChI=1S/C20H20N4O5S2/c25-18(14-7-10-24(11-8-14)19(26)17-2-1-12-29-17)22-15-3-5-16(6-4-15)31(27,28)23-20-21-9-13-30-20/h1-6,9,12-14H,7-8,10-11H2,(H,21,23)(H,22,25). The molecule has 2 amide bonds. The van der Waals surface area contributed by atoms with Crippen molar-refractivity contribution in [3.8, 4) is 0 Å². The van der Waals surface area contributed by atoms with E-state index in [0.717, 1.165) is 0 Å². The third-order valence-electron chi connectivity index (χ3n) is 4.97. The summed E-state index contributed by atoms with van der Waals surface area (Å²) in [7, 11) is -3.74. The molecular formula is C20H20N4O5S2. The quantitative estimate of drug-likeness (QED) is 0.583. The lowest BCUT2D eigenvalue weighted by Crippen LogP contribution is -2.41. The Morgan fingerprint density at radius 2 is 1.87 bits per heavy atom. The number of benzene rings is 1. The van der Waals surface area contributed by atoms with Gasteiger partial charge in [-0.3, -0.25) is 14.3 Å². The molecule has 0 saturated carbocycles. The van der Waals surface area contributed by atoms with Crippen LogP contribution in [0.25, 0.3) is 0 Å². The van der Waals surface area contributed by atoms with Crippen molar-refractivity contribution in [3.05, 3.63) is 60.0 Å². The normalized spacial score (nSPS) is 14.9. The molecule has 1 aliphatic rings. The lowest BCUT2D eigenvalue weighted by Gasteiger charge is -2.30. The number of piperidine rings is 1. The van der Waals surface area contributed by atoms with E-state index >= 15 is 0 Å². The van der Waals surface area contributed by atoms with Gasteiger partial charge in [-0.25, -0.2) is 13.4 Å². The summed E-state index contributed by atoms with van der Waals surface area (Å²) in [6, 6.07) is 9.23. The maximum absolute atomic E-state index is 12.6. The summed E-state index contributed by atoms with van der Waals surface area (Å²) in [6.07, 6.45) is 4.06. The van der Waals surface area contributed by atoms with Crippen molar-refractivity contribution in [1.29, 1.82) is 0 Å². The Bertz CT molecular complexity index is 1130. The largest absolute Gasteiger partial charge is 0.459 e. The first kappa shape index (κ1) is 21.1. The average molecular weight is 461 g/mol. The lowest BCUT2D eigenvalue weighted by atomic mass is 9.95. The Labute approximate surface area is 183 Å². The number of anilines is 2. The van der Waals surface area contributed by atoms with Crippen molar-refractivity contribution in [2.24, 2.45) is 5.92 Å². The van der Waals surface area contributed by atoms with E-state index in [2.05, 4.69) is 15.0 Å². The van der Waals surface area contributed by atoms with Crippen molar-refractivity contribution in [3.63, 3.8) is 0 Å². The molecule has 0 spiro atoms. The molecule has 4 rings (SSSR count). The molecule has 0 atom stereocenters. The topological polar surface area (TPSA) is 122 Å². The molecule has 31 heavy (non-hydrogen) atoms. The van der Waals surface area contributed by atoms with Crippen LogP contribution in [-0.4, -0.2) is 43.2 Å². The number of amides is 2. The van der Waals surface area contributed by atoms with Gasteiger partial charge in [0.1, 0.15) is 0 Å². The van der Waals surface area contributed by atoms with Gasteiger partial charge in [0.15, 0.2) is 10.9 Å². The highest BCUT2D eigenvalue weighted by Gasteiger charge is 2.28. The minimum atomic E-state index is -3.74. The van der Waals surface area contributed by atoms with Crippen LogP contribution < -0.4 is 10.0 Å². The van der Waals surface area contributed by atoms with Crippen LogP contribution in [0.2, 0.25) is 0 Å². The zero-order chi connectivity index (χ0) is 21.8. The molecule has 1 aromatic carbocycles. The number of carbonyl (C=O) groups excluding carboxylic acids is 2. The van der Waals surface area contributed by atoms with Crippen LogP contribution in [0.15, 0.2) is 63.6 Å². The van der Waals surface area contributed by atoms with E-state index < -0.39 is 10.0 Å². The minimum absolute atomic E-state index is 0.0745. The molecular weight excluding hydrogens is 440 g/mol. The van der Waals surface area contributed by atoms with Gasteiger partial charge in [-0.15, -0.1) is 11.3 Å². The van der Waals surface area contributed by atoms with Crippen molar-refractivity contribution in [2.45, 2.75) is 17.7 Å². The highest BCUT2D eigenvalue weighted by molar-refractivity contribution is 7.93. The first-order valence-corrected chi connectivity index (χ1v) is 11.9. The summed E-state index contributed by atoms with van der Waals surface area (Å²) in [5.74, 6) is -0.258. The molecule has 2 N–H and O–H groups in total. The molecule has 2 aromatic heterocycles. The van der Waals surface area contributed by atoms with E-state index in [0.29, 0.717) is 37.4 Å². The molecule has 1 saturated heterocycles. The van der Waals surface area contributed by atoms with Crippen LogP contribution in [0.4, 0.5) is 10.8 Å². The van der Waals surface area contributed by atoms with Crippen LogP contribution in [0.1, 0.15) is 23.4 Å². The van der Waals surface area contributed by atoms with Crippen LogP contribution in [0, 0.1) is 5.92 Å². The Balaban J connectivity index is 1.31. The molecule has 3 aromatic rings. The molecule has 1 aliphatic heterocycles. The second-order valence-electron chi connectivity index (χ2n) is 7.00. The van der Waals surface area contributed by atoms with E-state index in [1.165, 1.54) is 35.9 Å². The Morgan fingerprint density at radius 1 is 1.13 bits per heavy atom. The fourth-order valence-corrected chi connectivity index (χ4v) is 5.10. The molecule has 0 aliphatic carbocycles. The first-order valence-electron chi connectivity index (χ1n) is 9.58. The highest BCUT2D eigenvalue weighted by Crippen LogP contribution is 2.23. The van der Waals surface area contributed by atoms with Crippen LogP contribution >= 0.6 is 11.3 Å². The van der Waals surface area contributed by atoms with Crippen molar-refractivity contribution in [1.82, 2.24) is 9.88 Å². The van der Waals surface area contributed by atoms with Gasteiger partial charge in [0.25, 0.3) is 15.9 Å². The number of rotatable bonds is 6. The third kappa shape index (κ3) is 4.94. The molecule has 9 nitrogen and oxygen atoms in total.